The molecule has 3 aliphatic heterocycles. The number of likely N-dealkylation sites (N-methyl/N-ethyl adjacent to an activating group) is 2. The van der Waals surface area contributed by atoms with Gasteiger partial charge in [0.15, 0.2) is 0 Å². The first-order chi connectivity index (χ1) is 25.9. The summed E-state index contributed by atoms with van der Waals surface area (Å²) in [6, 6.07) is 11.6. The molecule has 6 rings (SSSR count). The van der Waals surface area contributed by atoms with Gasteiger partial charge in [0, 0.05) is 70.8 Å². The Labute approximate surface area is 338 Å². The summed E-state index contributed by atoms with van der Waals surface area (Å²) in [5.74, 6) is -0.116. The molecule has 0 atom stereocenters. The fourth-order valence-corrected chi connectivity index (χ4v) is 8.87. The fourth-order valence-electron chi connectivity index (χ4n) is 8.53. The van der Waals surface area contributed by atoms with Gasteiger partial charge in [-0.15, -0.1) is 0 Å². The molecule has 1 aliphatic carbocycles. The summed E-state index contributed by atoms with van der Waals surface area (Å²) in [7, 11) is 2.89. The fraction of sp³-hybridized carbons (Fsp3) is 0.457. The number of anilines is 2. The number of rotatable bonds is 8. The highest BCUT2D eigenvalue weighted by atomic mass is 35.5. The number of barbiturate groups is 1. The third kappa shape index (κ3) is 7.47. The Morgan fingerprint density at radius 3 is 1.42 bits per heavy atom. The summed E-state index contributed by atoms with van der Waals surface area (Å²) in [6.07, 6.45) is 12.8. The van der Waals surface area contributed by atoms with E-state index in [2.05, 4.69) is 114 Å². The molecule has 2 aromatic carbocycles. The van der Waals surface area contributed by atoms with E-state index < -0.39 is 17.8 Å². The van der Waals surface area contributed by atoms with Crippen LogP contribution in [0.5, 0.6) is 0 Å². The Morgan fingerprint density at radius 2 is 1.04 bits per heavy atom. The van der Waals surface area contributed by atoms with Gasteiger partial charge in [-0.1, -0.05) is 90.7 Å². The molecule has 55 heavy (non-hydrogen) atoms. The summed E-state index contributed by atoms with van der Waals surface area (Å²) < 4.78 is 0. The molecule has 4 aliphatic rings. The second-order valence-corrected chi connectivity index (χ2v) is 18.2. The predicted molar refractivity (Wildman–Crippen MR) is 227 cm³/mol. The first-order valence-corrected chi connectivity index (χ1v) is 20.4. The second kappa shape index (κ2) is 15.5. The predicted octanol–water partition coefficient (Wildman–Crippen LogP) is 11.1. The van der Waals surface area contributed by atoms with Crippen molar-refractivity contribution in [3.05, 3.63) is 116 Å². The topological polar surface area (TPSA) is 64.2 Å². The normalized spacial score (nSPS) is 22.5. The van der Waals surface area contributed by atoms with Crippen LogP contribution in [0.15, 0.2) is 94.4 Å². The maximum absolute atomic E-state index is 14.0. The largest absolute Gasteiger partial charge is 0.344 e. The van der Waals surface area contributed by atoms with Crippen LogP contribution in [-0.4, -0.2) is 54.8 Å². The van der Waals surface area contributed by atoms with Gasteiger partial charge in [0.25, 0.3) is 11.8 Å². The van der Waals surface area contributed by atoms with Crippen LogP contribution in [0.4, 0.5) is 16.2 Å². The molecule has 2 fully saturated rings. The van der Waals surface area contributed by atoms with Crippen LogP contribution < -0.4 is 9.80 Å². The van der Waals surface area contributed by atoms with Gasteiger partial charge < -0.3 is 9.80 Å². The van der Waals surface area contributed by atoms with Crippen LogP contribution in [0.2, 0.25) is 10.0 Å². The molecule has 3 heterocycles. The van der Waals surface area contributed by atoms with Gasteiger partial charge in [-0.2, -0.15) is 0 Å². The van der Waals surface area contributed by atoms with Crippen LogP contribution in [0.25, 0.3) is 0 Å². The molecule has 1 saturated heterocycles. The number of carbonyl (C=O) groups is 3. The van der Waals surface area contributed by atoms with E-state index in [4.69, 9.17) is 23.2 Å². The summed E-state index contributed by atoms with van der Waals surface area (Å²) >= 11 is 13.1. The van der Waals surface area contributed by atoms with E-state index in [1.165, 1.54) is 25.2 Å². The SMILES string of the molecule is CC(C)CCN1C(=CC=C2CCC/C(=C\C=C3\N(CCC(C)C)c4ccc(Cl)cc4C3(C)C)C2=C2C(=O)N(C)C(=O)N(C)C2=O)C(C)(C)c2cc(Cl)ccc21. The molecule has 0 radical (unpaired) electrons. The molecule has 0 bridgehead atoms. The van der Waals surface area contributed by atoms with Crippen molar-refractivity contribution in [1.29, 1.82) is 0 Å². The van der Waals surface area contributed by atoms with E-state index in [1.807, 2.05) is 12.1 Å². The van der Waals surface area contributed by atoms with Gasteiger partial charge in [-0.05, 0) is 120 Å². The molecule has 0 spiro atoms. The van der Waals surface area contributed by atoms with Crippen molar-refractivity contribution in [3.8, 4) is 0 Å². The number of nitrogens with zero attached hydrogens (tertiary/aromatic N) is 4. The third-order valence-electron chi connectivity index (χ3n) is 11.8. The monoisotopic (exact) mass is 782 g/mol. The average molecular weight is 784 g/mol. The smallest absolute Gasteiger partial charge is 0.333 e. The molecule has 2 aromatic rings. The van der Waals surface area contributed by atoms with E-state index >= 15 is 0 Å². The zero-order valence-electron chi connectivity index (χ0n) is 34.1. The Kier molecular flexibility index (Phi) is 11.4. The van der Waals surface area contributed by atoms with Crippen molar-refractivity contribution < 1.29 is 14.4 Å². The molecule has 0 unspecified atom stereocenters. The minimum absolute atomic E-state index is 0.0356. The van der Waals surface area contributed by atoms with Gasteiger partial charge in [-0.25, -0.2) is 4.79 Å². The van der Waals surface area contributed by atoms with E-state index in [0.717, 1.165) is 76.1 Å². The number of allylic oxidation sites excluding steroid dienone is 9. The highest BCUT2D eigenvalue weighted by Crippen LogP contribution is 2.51. The molecule has 0 N–H and O–H groups in total. The number of carbonyl (C=O) groups excluding carboxylic acids is 3. The van der Waals surface area contributed by atoms with Crippen molar-refractivity contribution >= 4 is 52.4 Å². The molecule has 4 amide bonds. The van der Waals surface area contributed by atoms with Crippen LogP contribution in [0.1, 0.15) is 98.6 Å². The summed E-state index contributed by atoms with van der Waals surface area (Å²) in [4.78, 5) is 47.9. The molecule has 7 nitrogen and oxygen atoms in total. The molecule has 1 saturated carbocycles. The molecule has 9 heteroatoms. The second-order valence-electron chi connectivity index (χ2n) is 17.3. The lowest BCUT2D eigenvalue weighted by Gasteiger charge is -2.33. The Hall–Kier alpha value is -4.07. The van der Waals surface area contributed by atoms with Crippen molar-refractivity contribution in [3.63, 3.8) is 0 Å². The summed E-state index contributed by atoms with van der Waals surface area (Å²) in [5, 5.41) is 1.41. The Morgan fingerprint density at radius 1 is 0.636 bits per heavy atom. The van der Waals surface area contributed by atoms with E-state index in [0.29, 0.717) is 40.3 Å². The van der Waals surface area contributed by atoms with Gasteiger partial charge in [-0.3, -0.25) is 19.4 Å². The first-order valence-electron chi connectivity index (χ1n) is 19.7. The number of imide groups is 2. The van der Waals surface area contributed by atoms with Gasteiger partial charge >= 0.3 is 6.03 Å². The highest BCUT2D eigenvalue weighted by Gasteiger charge is 2.43. The molecule has 292 valence electrons. The van der Waals surface area contributed by atoms with Crippen molar-refractivity contribution in [2.45, 2.75) is 98.3 Å². The first kappa shape index (κ1) is 40.6. The quantitative estimate of drug-likeness (QED) is 0.197. The minimum Gasteiger partial charge on any atom is -0.344 e. The van der Waals surface area contributed by atoms with Gasteiger partial charge in [0.1, 0.15) is 5.57 Å². The highest BCUT2D eigenvalue weighted by molar-refractivity contribution is 6.31. The van der Waals surface area contributed by atoms with Crippen LogP contribution >= 0.6 is 23.2 Å². The number of hydrogen-bond donors (Lipinski definition) is 0. The van der Waals surface area contributed by atoms with Crippen molar-refractivity contribution in [2.24, 2.45) is 11.8 Å². The van der Waals surface area contributed by atoms with Gasteiger partial charge in [0.2, 0.25) is 0 Å². The summed E-state index contributed by atoms with van der Waals surface area (Å²) in [6.45, 7) is 19.5. The van der Waals surface area contributed by atoms with Crippen LogP contribution in [0, 0.1) is 11.8 Å². The maximum atomic E-state index is 14.0. The number of benzene rings is 2. The van der Waals surface area contributed by atoms with Crippen LogP contribution in [0.3, 0.4) is 0 Å². The Bertz CT molecular complexity index is 1940. The zero-order valence-corrected chi connectivity index (χ0v) is 35.7. The lowest BCUT2D eigenvalue weighted by molar-refractivity contribution is -0.134. The van der Waals surface area contributed by atoms with Gasteiger partial charge in [0.05, 0.1) is 0 Å². The summed E-state index contributed by atoms with van der Waals surface area (Å²) in [5.41, 5.74) is 8.70. The van der Waals surface area contributed by atoms with E-state index in [-0.39, 0.29) is 16.4 Å². The molecular formula is C46H56Cl2N4O3. The third-order valence-corrected chi connectivity index (χ3v) is 12.3. The number of urea groups is 1. The number of fused-ring (bicyclic) bond motifs is 2. The van der Waals surface area contributed by atoms with E-state index in [1.54, 1.807) is 0 Å². The number of hydrogen-bond acceptors (Lipinski definition) is 5. The lowest BCUT2D eigenvalue weighted by atomic mass is 9.79. The molecular weight excluding hydrogens is 727 g/mol. The molecule has 0 aromatic heterocycles. The zero-order chi connectivity index (χ0) is 40.1. The van der Waals surface area contributed by atoms with E-state index in [9.17, 15) is 14.4 Å². The number of halogens is 2. The number of amides is 4. The Balaban J connectivity index is 1.53. The van der Waals surface area contributed by atoms with Crippen LogP contribution in [-0.2, 0) is 20.4 Å². The van der Waals surface area contributed by atoms with Crippen molar-refractivity contribution in [1.82, 2.24) is 9.80 Å². The van der Waals surface area contributed by atoms with Crippen molar-refractivity contribution in [2.75, 3.05) is 37.0 Å². The lowest BCUT2D eigenvalue weighted by Crippen LogP contribution is -2.53. The minimum atomic E-state index is -0.634. The maximum Gasteiger partial charge on any atom is 0.333 e. The standard InChI is InChI=1S/C46H56Cl2N4O3/c1-28(2)22-24-51-36-18-16-32(47)26-34(36)45(5,6)38(51)20-14-30-12-11-13-31(40(30)41-42(53)49(9)44(55)50(10)43(41)54)15-21-39-46(7,8)35-27-33(48)17-19-37(35)52(39)25-23-29(3)4/h14-21,26-29H,11-13,22-25H2,1-10H3/b30-14+,31-15?,38-20+,39-21?. The average Bonchev–Trinajstić information content (AvgIpc) is 3.47.